The number of pyridine rings is 1. The lowest BCUT2D eigenvalue weighted by Crippen LogP contribution is -1.84. The molecule has 0 aromatic carbocycles. The third-order valence-electron chi connectivity index (χ3n) is 1.84. The summed E-state index contributed by atoms with van der Waals surface area (Å²) in [5, 5.41) is 1.54. The lowest BCUT2D eigenvalue weighted by atomic mass is 10.5. The molecule has 78 valence electrons. The summed E-state index contributed by atoms with van der Waals surface area (Å²) in [6.07, 6.45) is 5.52. The van der Waals surface area contributed by atoms with Crippen molar-refractivity contribution in [1.29, 1.82) is 0 Å². The summed E-state index contributed by atoms with van der Waals surface area (Å²) < 4.78 is 1.93. The highest BCUT2D eigenvalue weighted by Gasteiger charge is 2.03. The molecule has 0 aliphatic rings. The van der Waals surface area contributed by atoms with E-state index in [1.807, 2.05) is 29.9 Å². The molecular formula is C10H10ClN3S. The van der Waals surface area contributed by atoms with Gasteiger partial charge in [-0.05, 0) is 12.1 Å². The predicted octanol–water partition coefficient (Wildman–Crippen LogP) is 2.76. The highest BCUT2D eigenvalue weighted by Crippen LogP contribution is 2.26. The minimum absolute atomic E-state index is 0.693. The van der Waals surface area contributed by atoms with Crippen LogP contribution in [0.25, 0.3) is 0 Å². The molecule has 0 amide bonds. The van der Waals surface area contributed by atoms with Crippen LogP contribution in [0.1, 0.15) is 5.69 Å². The van der Waals surface area contributed by atoms with E-state index in [-0.39, 0.29) is 0 Å². The fourth-order valence-corrected chi connectivity index (χ4v) is 2.22. The number of rotatable bonds is 3. The van der Waals surface area contributed by atoms with Gasteiger partial charge in [0.1, 0.15) is 5.03 Å². The number of aryl methyl sites for hydroxylation is 1. The van der Waals surface area contributed by atoms with E-state index in [9.17, 15) is 0 Å². The highest BCUT2D eigenvalue weighted by atomic mass is 35.5. The van der Waals surface area contributed by atoms with E-state index < -0.39 is 0 Å². The molecule has 0 aliphatic heterocycles. The van der Waals surface area contributed by atoms with Gasteiger partial charge in [0.15, 0.2) is 0 Å². The van der Waals surface area contributed by atoms with Gasteiger partial charge in [0, 0.05) is 25.2 Å². The van der Waals surface area contributed by atoms with Crippen molar-refractivity contribution in [2.75, 3.05) is 0 Å². The van der Waals surface area contributed by atoms with Gasteiger partial charge in [0.25, 0.3) is 0 Å². The summed E-state index contributed by atoms with van der Waals surface area (Å²) in [5.41, 5.74) is 1.03. The Morgan fingerprint density at radius 3 is 3.00 bits per heavy atom. The van der Waals surface area contributed by atoms with Gasteiger partial charge < -0.3 is 4.57 Å². The first-order chi connectivity index (χ1) is 7.25. The molecule has 0 saturated carbocycles. The average molecular weight is 240 g/mol. The number of halogens is 1. The predicted molar refractivity (Wildman–Crippen MR) is 62.0 cm³/mol. The van der Waals surface area contributed by atoms with Crippen LogP contribution in [0.2, 0.25) is 5.02 Å². The normalized spacial score (nSPS) is 10.5. The maximum Gasteiger partial charge on any atom is 0.115 e. The van der Waals surface area contributed by atoms with E-state index >= 15 is 0 Å². The van der Waals surface area contributed by atoms with Crippen LogP contribution in [0.3, 0.4) is 0 Å². The Kier molecular flexibility index (Phi) is 3.28. The van der Waals surface area contributed by atoms with Crippen LogP contribution in [0.5, 0.6) is 0 Å². The second-order valence-corrected chi connectivity index (χ2v) is 4.48. The first-order valence-corrected chi connectivity index (χ1v) is 5.82. The van der Waals surface area contributed by atoms with Crippen molar-refractivity contribution in [3.8, 4) is 0 Å². The van der Waals surface area contributed by atoms with Crippen molar-refractivity contribution in [2.45, 2.75) is 10.8 Å². The second-order valence-electron chi connectivity index (χ2n) is 3.11. The molecule has 15 heavy (non-hydrogen) atoms. The summed E-state index contributed by atoms with van der Waals surface area (Å²) in [7, 11) is 1.95. The number of nitrogens with zero attached hydrogens (tertiary/aromatic N) is 3. The lowest BCUT2D eigenvalue weighted by Gasteiger charge is -1.99. The Morgan fingerprint density at radius 1 is 1.47 bits per heavy atom. The van der Waals surface area contributed by atoms with E-state index in [1.165, 1.54) is 0 Å². The quantitative estimate of drug-likeness (QED) is 0.772. The molecule has 0 spiro atoms. The van der Waals surface area contributed by atoms with Gasteiger partial charge in [-0.3, -0.25) is 0 Å². The van der Waals surface area contributed by atoms with Crippen molar-refractivity contribution in [3.05, 3.63) is 41.6 Å². The molecule has 0 bridgehead atoms. The number of aromatic nitrogens is 3. The van der Waals surface area contributed by atoms with Crippen molar-refractivity contribution in [2.24, 2.45) is 7.05 Å². The second kappa shape index (κ2) is 4.68. The third-order valence-corrected chi connectivity index (χ3v) is 3.30. The lowest BCUT2D eigenvalue weighted by molar-refractivity contribution is 0.913. The zero-order chi connectivity index (χ0) is 10.7. The zero-order valence-electron chi connectivity index (χ0n) is 8.22. The van der Waals surface area contributed by atoms with Gasteiger partial charge in [-0.15, -0.1) is 0 Å². The van der Waals surface area contributed by atoms with Gasteiger partial charge >= 0.3 is 0 Å². The zero-order valence-corrected chi connectivity index (χ0v) is 9.79. The van der Waals surface area contributed by atoms with Gasteiger partial charge in [-0.2, -0.15) is 0 Å². The maximum atomic E-state index is 5.99. The topological polar surface area (TPSA) is 30.7 Å². The first kappa shape index (κ1) is 10.5. The van der Waals surface area contributed by atoms with Gasteiger partial charge in [0.05, 0.1) is 17.0 Å². The van der Waals surface area contributed by atoms with Crippen LogP contribution >= 0.6 is 23.4 Å². The van der Waals surface area contributed by atoms with Gasteiger partial charge in [-0.25, -0.2) is 9.97 Å². The summed E-state index contributed by atoms with van der Waals surface area (Å²) in [6, 6.07) is 3.67. The fraction of sp³-hybridized carbons (Fsp3) is 0.200. The Morgan fingerprint density at radius 2 is 2.33 bits per heavy atom. The van der Waals surface area contributed by atoms with Crippen molar-refractivity contribution < 1.29 is 0 Å². The Hall–Kier alpha value is -1.00. The Labute approximate surface area is 97.5 Å². The monoisotopic (exact) mass is 239 g/mol. The van der Waals surface area contributed by atoms with Crippen molar-refractivity contribution in [1.82, 2.24) is 14.5 Å². The maximum absolute atomic E-state index is 5.99. The molecule has 2 rings (SSSR count). The van der Waals surface area contributed by atoms with E-state index in [0.29, 0.717) is 5.02 Å². The molecule has 0 aliphatic carbocycles. The van der Waals surface area contributed by atoms with Crippen LogP contribution in [0.15, 0.2) is 35.9 Å². The molecule has 0 atom stereocenters. The van der Waals surface area contributed by atoms with Gasteiger partial charge in [0.2, 0.25) is 0 Å². The molecule has 2 aromatic rings. The minimum atomic E-state index is 0.693. The molecule has 0 radical (unpaired) electrons. The molecule has 0 fully saturated rings. The van der Waals surface area contributed by atoms with Gasteiger partial charge in [-0.1, -0.05) is 23.4 Å². The highest BCUT2D eigenvalue weighted by molar-refractivity contribution is 7.98. The van der Waals surface area contributed by atoms with E-state index in [2.05, 4.69) is 9.97 Å². The summed E-state index contributed by atoms with van der Waals surface area (Å²) in [4.78, 5) is 8.43. The minimum Gasteiger partial charge on any atom is -0.340 e. The Balaban J connectivity index is 2.02. The molecular weight excluding hydrogens is 230 g/mol. The van der Waals surface area contributed by atoms with Crippen LogP contribution in [0, 0.1) is 0 Å². The number of thioether (sulfide) groups is 1. The number of imidazole rings is 1. The molecule has 3 nitrogen and oxygen atoms in total. The molecule has 5 heteroatoms. The fourth-order valence-electron chi connectivity index (χ4n) is 1.16. The largest absolute Gasteiger partial charge is 0.340 e. The van der Waals surface area contributed by atoms with E-state index in [0.717, 1.165) is 16.5 Å². The molecule has 0 saturated heterocycles. The smallest absolute Gasteiger partial charge is 0.115 e. The van der Waals surface area contributed by atoms with Crippen LogP contribution in [0.4, 0.5) is 0 Å². The average Bonchev–Trinajstić information content (AvgIpc) is 2.63. The van der Waals surface area contributed by atoms with Crippen molar-refractivity contribution in [3.63, 3.8) is 0 Å². The molecule has 2 aromatic heterocycles. The van der Waals surface area contributed by atoms with Crippen LogP contribution in [-0.2, 0) is 12.8 Å². The summed E-state index contributed by atoms with van der Waals surface area (Å²) in [6.45, 7) is 0. The Bertz CT molecular complexity index is 455. The SMILES string of the molecule is Cn1cnc(CSc2ncccc2Cl)c1. The molecule has 0 unspecified atom stereocenters. The van der Waals surface area contributed by atoms with E-state index in [1.54, 1.807) is 24.3 Å². The van der Waals surface area contributed by atoms with Crippen molar-refractivity contribution >= 4 is 23.4 Å². The van der Waals surface area contributed by atoms with Crippen LogP contribution < -0.4 is 0 Å². The molecule has 2 heterocycles. The first-order valence-electron chi connectivity index (χ1n) is 4.46. The third kappa shape index (κ3) is 2.73. The van der Waals surface area contributed by atoms with Crippen LogP contribution in [-0.4, -0.2) is 14.5 Å². The van der Waals surface area contributed by atoms with E-state index in [4.69, 9.17) is 11.6 Å². The molecule has 0 N–H and O–H groups in total. The summed E-state index contributed by atoms with van der Waals surface area (Å²) in [5.74, 6) is 0.789. The standard InChI is InChI=1S/C10H10ClN3S/c1-14-5-8(13-7-14)6-15-10-9(11)3-2-4-12-10/h2-5,7H,6H2,1H3. The summed E-state index contributed by atoms with van der Waals surface area (Å²) >= 11 is 7.58. The number of hydrogen-bond donors (Lipinski definition) is 0. The number of hydrogen-bond acceptors (Lipinski definition) is 3.